The van der Waals surface area contributed by atoms with Gasteiger partial charge in [-0.1, -0.05) is 38.0 Å². The first kappa shape index (κ1) is 12.9. The van der Waals surface area contributed by atoms with E-state index < -0.39 is 5.54 Å². The molecule has 2 N–H and O–H groups in total. The van der Waals surface area contributed by atoms with Crippen LogP contribution < -0.4 is 5.32 Å². The van der Waals surface area contributed by atoms with Gasteiger partial charge in [-0.3, -0.25) is 5.32 Å². The van der Waals surface area contributed by atoms with Crippen molar-refractivity contribution in [3.05, 3.63) is 0 Å². The number of aliphatic hydroxyl groups excluding tert-OH is 1. The molecule has 0 radical (unpaired) electrons. The fourth-order valence-corrected chi connectivity index (χ4v) is 3.30. The predicted octanol–water partition coefficient (Wildman–Crippen LogP) is 2.46. The molecule has 0 aromatic rings. The van der Waals surface area contributed by atoms with E-state index in [2.05, 4.69) is 11.2 Å². The molecule has 2 heteroatoms. The topological polar surface area (TPSA) is 32.3 Å². The van der Waals surface area contributed by atoms with Crippen molar-refractivity contribution in [2.75, 3.05) is 6.54 Å². The van der Waals surface area contributed by atoms with E-state index in [-0.39, 0.29) is 6.10 Å². The minimum atomic E-state index is -0.435. The summed E-state index contributed by atoms with van der Waals surface area (Å²) in [5.74, 6) is 3.61. The first-order chi connectivity index (χ1) is 8.27. The smallest absolute Gasteiger partial charge is 0.106 e. The summed E-state index contributed by atoms with van der Waals surface area (Å²) in [7, 11) is 0. The van der Waals surface area contributed by atoms with Gasteiger partial charge in [-0.05, 0) is 38.1 Å². The SMILES string of the molecule is C#C[C@@]1(NCC2CCCCC2)CCCC[C@H]1O. The summed E-state index contributed by atoms with van der Waals surface area (Å²) in [4.78, 5) is 0. The third-order valence-corrected chi connectivity index (χ3v) is 4.56. The van der Waals surface area contributed by atoms with Gasteiger partial charge in [-0.2, -0.15) is 0 Å². The van der Waals surface area contributed by atoms with Gasteiger partial charge in [0.2, 0.25) is 0 Å². The van der Waals surface area contributed by atoms with Crippen LogP contribution >= 0.6 is 0 Å². The van der Waals surface area contributed by atoms with Crippen LogP contribution in [-0.2, 0) is 0 Å². The summed E-state index contributed by atoms with van der Waals surface area (Å²) in [6, 6.07) is 0. The third-order valence-electron chi connectivity index (χ3n) is 4.56. The van der Waals surface area contributed by atoms with Crippen LogP contribution in [0.2, 0.25) is 0 Å². The van der Waals surface area contributed by atoms with Crippen molar-refractivity contribution in [3.8, 4) is 12.3 Å². The average molecular weight is 235 g/mol. The van der Waals surface area contributed by atoms with Crippen LogP contribution in [0.15, 0.2) is 0 Å². The lowest BCUT2D eigenvalue weighted by Crippen LogP contribution is -2.56. The molecule has 0 amide bonds. The maximum atomic E-state index is 10.1. The lowest BCUT2D eigenvalue weighted by Gasteiger charge is -2.39. The molecule has 0 aromatic heterocycles. The summed E-state index contributed by atoms with van der Waals surface area (Å²) >= 11 is 0. The Morgan fingerprint density at radius 3 is 2.47 bits per heavy atom. The van der Waals surface area contributed by atoms with E-state index in [9.17, 15) is 5.11 Å². The summed E-state index contributed by atoms with van der Waals surface area (Å²) < 4.78 is 0. The Labute approximate surface area is 105 Å². The normalized spacial score (nSPS) is 35.4. The molecule has 0 spiro atoms. The van der Waals surface area contributed by atoms with Gasteiger partial charge in [-0.25, -0.2) is 0 Å². The van der Waals surface area contributed by atoms with Crippen LogP contribution in [0.4, 0.5) is 0 Å². The molecule has 2 nitrogen and oxygen atoms in total. The quantitative estimate of drug-likeness (QED) is 0.737. The van der Waals surface area contributed by atoms with Crippen molar-refractivity contribution >= 4 is 0 Å². The highest BCUT2D eigenvalue weighted by atomic mass is 16.3. The molecule has 17 heavy (non-hydrogen) atoms. The van der Waals surface area contributed by atoms with Crippen LogP contribution in [-0.4, -0.2) is 23.3 Å². The summed E-state index contributed by atoms with van der Waals surface area (Å²) in [5, 5.41) is 13.7. The lowest BCUT2D eigenvalue weighted by molar-refractivity contribution is 0.0526. The Balaban J connectivity index is 1.88. The number of rotatable bonds is 3. The van der Waals surface area contributed by atoms with Gasteiger partial charge in [0.15, 0.2) is 0 Å². The zero-order valence-corrected chi connectivity index (χ0v) is 10.8. The molecule has 0 aliphatic heterocycles. The third kappa shape index (κ3) is 3.03. The number of nitrogens with one attached hydrogen (secondary N) is 1. The molecule has 96 valence electrons. The zero-order chi connectivity index (χ0) is 12.1. The number of hydrogen-bond donors (Lipinski definition) is 2. The van der Waals surface area contributed by atoms with E-state index >= 15 is 0 Å². The van der Waals surface area contributed by atoms with Crippen molar-refractivity contribution < 1.29 is 5.11 Å². The molecule has 2 fully saturated rings. The van der Waals surface area contributed by atoms with E-state index in [4.69, 9.17) is 6.42 Å². The maximum Gasteiger partial charge on any atom is 0.106 e. The van der Waals surface area contributed by atoms with Gasteiger partial charge >= 0.3 is 0 Å². The fourth-order valence-electron chi connectivity index (χ4n) is 3.30. The van der Waals surface area contributed by atoms with E-state index in [1.165, 1.54) is 32.1 Å². The monoisotopic (exact) mass is 235 g/mol. The molecule has 2 saturated carbocycles. The molecule has 0 saturated heterocycles. The maximum absolute atomic E-state index is 10.1. The van der Waals surface area contributed by atoms with Crippen molar-refractivity contribution in [2.24, 2.45) is 5.92 Å². The Kier molecular flexibility index (Phi) is 4.48. The number of terminal acetylenes is 1. The Morgan fingerprint density at radius 2 is 1.82 bits per heavy atom. The second kappa shape index (κ2) is 5.89. The van der Waals surface area contributed by atoms with Crippen molar-refractivity contribution in [3.63, 3.8) is 0 Å². The van der Waals surface area contributed by atoms with Gasteiger partial charge in [-0.15, -0.1) is 6.42 Å². The van der Waals surface area contributed by atoms with Gasteiger partial charge < -0.3 is 5.11 Å². The highest BCUT2D eigenvalue weighted by molar-refractivity contribution is 5.18. The molecule has 0 bridgehead atoms. The number of hydrogen-bond acceptors (Lipinski definition) is 2. The first-order valence-corrected chi connectivity index (χ1v) is 7.18. The van der Waals surface area contributed by atoms with Crippen LogP contribution in [0.25, 0.3) is 0 Å². The van der Waals surface area contributed by atoms with Crippen LogP contribution in [0, 0.1) is 18.3 Å². The fraction of sp³-hybridized carbons (Fsp3) is 0.867. The van der Waals surface area contributed by atoms with E-state index in [0.717, 1.165) is 38.1 Å². The minimum Gasteiger partial charge on any atom is -0.390 e. The summed E-state index contributed by atoms with van der Waals surface area (Å²) in [5.41, 5.74) is -0.435. The van der Waals surface area contributed by atoms with E-state index in [0.29, 0.717) is 0 Å². The zero-order valence-electron chi connectivity index (χ0n) is 10.8. The Morgan fingerprint density at radius 1 is 1.12 bits per heavy atom. The highest BCUT2D eigenvalue weighted by Crippen LogP contribution is 2.29. The minimum absolute atomic E-state index is 0.357. The van der Waals surface area contributed by atoms with Gasteiger partial charge in [0, 0.05) is 0 Å². The largest absolute Gasteiger partial charge is 0.390 e. The van der Waals surface area contributed by atoms with Crippen LogP contribution in [0.3, 0.4) is 0 Å². The average Bonchev–Trinajstić information content (AvgIpc) is 2.39. The molecule has 2 atom stereocenters. The molecule has 0 unspecified atom stereocenters. The standard InChI is InChI=1S/C15H25NO/c1-2-15(11-7-6-10-14(15)17)16-12-13-8-4-3-5-9-13/h1,13-14,16-17H,3-12H2/t14-,15-/m1/s1. The van der Waals surface area contributed by atoms with Crippen molar-refractivity contribution in [1.29, 1.82) is 0 Å². The van der Waals surface area contributed by atoms with Crippen LogP contribution in [0.1, 0.15) is 57.8 Å². The molecule has 2 rings (SSSR count). The second-order valence-corrected chi connectivity index (χ2v) is 5.76. The van der Waals surface area contributed by atoms with Gasteiger partial charge in [0.05, 0.1) is 6.10 Å². The highest BCUT2D eigenvalue weighted by Gasteiger charge is 2.38. The summed E-state index contributed by atoms with van der Waals surface area (Å²) in [6.07, 6.45) is 16.1. The summed E-state index contributed by atoms with van der Waals surface area (Å²) in [6.45, 7) is 0.987. The Hall–Kier alpha value is -0.520. The van der Waals surface area contributed by atoms with Crippen LogP contribution in [0.5, 0.6) is 0 Å². The molecule has 2 aliphatic rings. The molecular weight excluding hydrogens is 210 g/mol. The van der Waals surface area contributed by atoms with Gasteiger partial charge in [0.25, 0.3) is 0 Å². The molecule has 0 aromatic carbocycles. The molecule has 0 heterocycles. The predicted molar refractivity (Wildman–Crippen MR) is 70.6 cm³/mol. The van der Waals surface area contributed by atoms with E-state index in [1.807, 2.05) is 0 Å². The van der Waals surface area contributed by atoms with Crippen molar-refractivity contribution in [2.45, 2.75) is 69.4 Å². The number of aliphatic hydroxyl groups is 1. The first-order valence-electron chi connectivity index (χ1n) is 7.18. The molecular formula is C15H25NO. The van der Waals surface area contributed by atoms with Crippen molar-refractivity contribution in [1.82, 2.24) is 5.32 Å². The van der Waals surface area contributed by atoms with Gasteiger partial charge in [0.1, 0.15) is 5.54 Å². The molecule has 2 aliphatic carbocycles. The Bertz CT molecular complexity index is 277. The second-order valence-electron chi connectivity index (χ2n) is 5.76. The van der Waals surface area contributed by atoms with E-state index in [1.54, 1.807) is 0 Å². The lowest BCUT2D eigenvalue weighted by atomic mass is 9.79.